The maximum atomic E-state index is 12.7. The van der Waals surface area contributed by atoms with Crippen molar-refractivity contribution in [2.75, 3.05) is 5.32 Å². The minimum atomic E-state index is -0.0672. The van der Waals surface area contributed by atoms with Gasteiger partial charge in [-0.25, -0.2) is 9.97 Å². The van der Waals surface area contributed by atoms with Crippen LogP contribution < -0.4 is 5.32 Å². The van der Waals surface area contributed by atoms with Crippen molar-refractivity contribution in [2.24, 2.45) is 0 Å². The molecule has 1 amide bonds. The molecule has 0 atom stereocenters. The molecule has 158 valence electrons. The molecular formula is C26H21N3OS2. The van der Waals surface area contributed by atoms with E-state index in [9.17, 15) is 4.79 Å². The highest BCUT2D eigenvalue weighted by Crippen LogP contribution is 2.27. The molecule has 5 rings (SSSR count). The van der Waals surface area contributed by atoms with Crippen LogP contribution in [0.3, 0.4) is 0 Å². The van der Waals surface area contributed by atoms with Gasteiger partial charge in [-0.1, -0.05) is 72.8 Å². The Balaban J connectivity index is 1.27. The Morgan fingerprint density at radius 3 is 2.59 bits per heavy atom. The largest absolute Gasteiger partial charge is 0.302 e. The maximum Gasteiger partial charge on any atom is 0.231 e. The SMILES string of the molecule is Cc1nc(Cc2cccc3ccccc23)sc1CC(=O)Nc1nc(-c2ccccc2)cs1. The Kier molecular flexibility index (Phi) is 5.79. The number of amides is 1. The number of carbonyl (C=O) groups is 1. The molecule has 5 aromatic rings. The average molecular weight is 456 g/mol. The fraction of sp³-hybridized carbons (Fsp3) is 0.115. The summed E-state index contributed by atoms with van der Waals surface area (Å²) in [5.74, 6) is -0.0672. The highest BCUT2D eigenvalue weighted by atomic mass is 32.1. The van der Waals surface area contributed by atoms with Crippen molar-refractivity contribution in [3.63, 3.8) is 0 Å². The lowest BCUT2D eigenvalue weighted by Gasteiger charge is -2.04. The fourth-order valence-corrected chi connectivity index (χ4v) is 5.55. The zero-order valence-corrected chi connectivity index (χ0v) is 19.2. The minimum absolute atomic E-state index is 0.0672. The number of nitrogens with zero attached hydrogens (tertiary/aromatic N) is 2. The van der Waals surface area contributed by atoms with Crippen LogP contribution in [0.5, 0.6) is 0 Å². The van der Waals surface area contributed by atoms with Gasteiger partial charge in [-0.2, -0.15) is 0 Å². The standard InChI is InChI=1S/C26H21N3OS2/c1-17-23(15-24(30)29-26-28-22(16-31-26)19-9-3-2-4-10-19)32-25(27-17)14-20-12-7-11-18-8-5-6-13-21(18)20/h2-13,16H,14-15H2,1H3,(H,28,29,30). The molecule has 0 bridgehead atoms. The Hall–Kier alpha value is -3.35. The molecule has 1 N–H and O–H groups in total. The third-order valence-electron chi connectivity index (χ3n) is 5.30. The van der Waals surface area contributed by atoms with Crippen LogP contribution in [0.1, 0.15) is 21.1 Å². The number of nitrogens with one attached hydrogen (secondary N) is 1. The quantitative estimate of drug-likeness (QED) is 0.318. The van der Waals surface area contributed by atoms with Crippen LogP contribution in [-0.2, 0) is 17.6 Å². The molecule has 2 aromatic heterocycles. The van der Waals surface area contributed by atoms with E-state index in [1.807, 2.05) is 42.6 Å². The summed E-state index contributed by atoms with van der Waals surface area (Å²) in [5, 5.41) is 9.03. The predicted octanol–water partition coefficient (Wildman–Crippen LogP) is 6.50. The highest BCUT2D eigenvalue weighted by Gasteiger charge is 2.15. The second-order valence-electron chi connectivity index (χ2n) is 7.56. The van der Waals surface area contributed by atoms with Crippen LogP contribution in [0.25, 0.3) is 22.0 Å². The summed E-state index contributed by atoms with van der Waals surface area (Å²) in [4.78, 5) is 22.9. The van der Waals surface area contributed by atoms with Crippen molar-refractivity contribution < 1.29 is 4.79 Å². The van der Waals surface area contributed by atoms with Gasteiger partial charge in [0.25, 0.3) is 0 Å². The monoisotopic (exact) mass is 455 g/mol. The number of rotatable bonds is 6. The second kappa shape index (κ2) is 9.02. The van der Waals surface area contributed by atoms with Crippen molar-refractivity contribution in [3.05, 3.63) is 99.3 Å². The summed E-state index contributed by atoms with van der Waals surface area (Å²) in [6, 6.07) is 24.7. The molecule has 32 heavy (non-hydrogen) atoms. The summed E-state index contributed by atoms with van der Waals surface area (Å²) < 4.78 is 0. The van der Waals surface area contributed by atoms with Crippen molar-refractivity contribution in [3.8, 4) is 11.3 Å². The third-order valence-corrected chi connectivity index (χ3v) is 7.21. The van der Waals surface area contributed by atoms with E-state index in [0.29, 0.717) is 11.6 Å². The molecule has 2 heterocycles. The van der Waals surface area contributed by atoms with E-state index in [1.54, 1.807) is 11.3 Å². The van der Waals surface area contributed by atoms with Gasteiger partial charge in [0.1, 0.15) is 0 Å². The van der Waals surface area contributed by atoms with Gasteiger partial charge in [0.15, 0.2) is 5.13 Å². The maximum absolute atomic E-state index is 12.7. The second-order valence-corrected chi connectivity index (χ2v) is 9.59. The van der Waals surface area contributed by atoms with Crippen LogP contribution in [0.15, 0.2) is 78.2 Å². The Bertz CT molecular complexity index is 1380. The first-order chi connectivity index (χ1) is 15.7. The predicted molar refractivity (Wildman–Crippen MR) is 133 cm³/mol. The molecule has 6 heteroatoms. The van der Waals surface area contributed by atoms with Gasteiger partial charge in [-0.15, -0.1) is 22.7 Å². The van der Waals surface area contributed by atoms with Gasteiger partial charge in [0.2, 0.25) is 5.91 Å². The summed E-state index contributed by atoms with van der Waals surface area (Å²) in [6.45, 7) is 1.97. The molecule has 0 aliphatic carbocycles. The Labute approximate surface area is 194 Å². The zero-order chi connectivity index (χ0) is 21.9. The molecule has 0 saturated carbocycles. The third kappa shape index (κ3) is 4.47. The van der Waals surface area contributed by atoms with Crippen molar-refractivity contribution in [1.29, 1.82) is 0 Å². The normalized spacial score (nSPS) is 11.0. The molecule has 0 saturated heterocycles. The van der Waals surface area contributed by atoms with Crippen LogP contribution >= 0.6 is 22.7 Å². The van der Waals surface area contributed by atoms with E-state index < -0.39 is 0 Å². The van der Waals surface area contributed by atoms with Crippen molar-refractivity contribution in [1.82, 2.24) is 9.97 Å². The van der Waals surface area contributed by atoms with Crippen LogP contribution in [0, 0.1) is 6.92 Å². The molecule has 4 nitrogen and oxygen atoms in total. The number of hydrogen-bond donors (Lipinski definition) is 1. The highest BCUT2D eigenvalue weighted by molar-refractivity contribution is 7.14. The number of carbonyl (C=O) groups excluding carboxylic acids is 1. The van der Waals surface area contributed by atoms with Gasteiger partial charge in [0.05, 0.1) is 22.8 Å². The summed E-state index contributed by atoms with van der Waals surface area (Å²) >= 11 is 3.06. The van der Waals surface area contributed by atoms with Gasteiger partial charge >= 0.3 is 0 Å². The van der Waals surface area contributed by atoms with Crippen LogP contribution in [0.2, 0.25) is 0 Å². The number of aryl methyl sites for hydroxylation is 1. The molecule has 3 aromatic carbocycles. The molecule has 0 aliphatic heterocycles. The lowest BCUT2D eigenvalue weighted by Crippen LogP contribution is -2.14. The first kappa shape index (κ1) is 20.5. The number of anilines is 1. The summed E-state index contributed by atoms with van der Waals surface area (Å²) in [5.41, 5.74) is 4.09. The van der Waals surface area contributed by atoms with Crippen LogP contribution in [0.4, 0.5) is 5.13 Å². The lowest BCUT2D eigenvalue weighted by atomic mass is 10.0. The summed E-state index contributed by atoms with van der Waals surface area (Å²) in [6.07, 6.45) is 1.07. The van der Waals surface area contributed by atoms with Gasteiger partial charge in [-0.05, 0) is 23.3 Å². The van der Waals surface area contributed by atoms with E-state index in [-0.39, 0.29) is 5.91 Å². The zero-order valence-electron chi connectivity index (χ0n) is 17.5. The van der Waals surface area contributed by atoms with E-state index in [4.69, 9.17) is 4.98 Å². The van der Waals surface area contributed by atoms with E-state index in [2.05, 4.69) is 52.8 Å². The van der Waals surface area contributed by atoms with E-state index in [1.165, 1.54) is 27.7 Å². The Morgan fingerprint density at radius 2 is 1.72 bits per heavy atom. The molecule has 0 aliphatic rings. The first-order valence-electron chi connectivity index (χ1n) is 10.4. The fourth-order valence-electron chi connectivity index (χ4n) is 3.72. The van der Waals surface area contributed by atoms with Gasteiger partial charge in [0, 0.05) is 22.2 Å². The molecule has 0 spiro atoms. The topological polar surface area (TPSA) is 54.9 Å². The van der Waals surface area contributed by atoms with Gasteiger partial charge in [-0.3, -0.25) is 4.79 Å². The van der Waals surface area contributed by atoms with Crippen molar-refractivity contribution >= 4 is 44.5 Å². The number of fused-ring (bicyclic) bond motifs is 1. The van der Waals surface area contributed by atoms with Crippen LogP contribution in [-0.4, -0.2) is 15.9 Å². The smallest absolute Gasteiger partial charge is 0.231 e. The molecule has 0 fully saturated rings. The summed E-state index contributed by atoms with van der Waals surface area (Å²) in [7, 11) is 0. The molecule has 0 radical (unpaired) electrons. The van der Waals surface area contributed by atoms with E-state index >= 15 is 0 Å². The lowest BCUT2D eigenvalue weighted by molar-refractivity contribution is -0.115. The first-order valence-corrected chi connectivity index (χ1v) is 12.1. The van der Waals surface area contributed by atoms with Crippen molar-refractivity contribution in [2.45, 2.75) is 19.8 Å². The molecular weight excluding hydrogens is 434 g/mol. The number of hydrogen-bond acceptors (Lipinski definition) is 5. The average Bonchev–Trinajstić information content (AvgIpc) is 3.41. The number of thiazole rings is 2. The van der Waals surface area contributed by atoms with Gasteiger partial charge < -0.3 is 5.32 Å². The van der Waals surface area contributed by atoms with E-state index in [0.717, 1.165) is 33.3 Å². The minimum Gasteiger partial charge on any atom is -0.302 e. The number of aromatic nitrogens is 2. The number of benzene rings is 3. The Morgan fingerprint density at radius 1 is 0.938 bits per heavy atom. The molecule has 0 unspecified atom stereocenters.